The van der Waals surface area contributed by atoms with E-state index in [2.05, 4.69) is 17.6 Å². The van der Waals surface area contributed by atoms with Crippen molar-refractivity contribution in [2.24, 2.45) is 11.8 Å². The van der Waals surface area contributed by atoms with Crippen molar-refractivity contribution >= 4 is 23.4 Å². The lowest BCUT2D eigenvalue weighted by Gasteiger charge is -2.31. The number of hydrogen-bond acceptors (Lipinski definition) is 3. The van der Waals surface area contributed by atoms with Gasteiger partial charge in [-0.2, -0.15) is 0 Å². The highest BCUT2D eigenvalue weighted by Crippen LogP contribution is 2.20. The Morgan fingerprint density at radius 2 is 1.74 bits per heavy atom. The summed E-state index contributed by atoms with van der Waals surface area (Å²) in [7, 11) is 0. The van der Waals surface area contributed by atoms with Crippen LogP contribution in [0, 0.1) is 11.8 Å². The molecular formula is C21H31N3O3. The summed E-state index contributed by atoms with van der Waals surface area (Å²) >= 11 is 0. The smallest absolute Gasteiger partial charge is 0.253 e. The van der Waals surface area contributed by atoms with Crippen LogP contribution in [-0.2, 0) is 9.59 Å². The molecule has 1 aliphatic rings. The first-order chi connectivity index (χ1) is 12.9. The quantitative estimate of drug-likeness (QED) is 0.721. The second-order valence-electron chi connectivity index (χ2n) is 7.43. The van der Waals surface area contributed by atoms with Gasteiger partial charge in [-0.15, -0.1) is 0 Å². The van der Waals surface area contributed by atoms with Crippen LogP contribution in [-0.4, -0.2) is 42.3 Å². The third-order valence-corrected chi connectivity index (χ3v) is 4.91. The van der Waals surface area contributed by atoms with Crippen LogP contribution < -0.4 is 10.6 Å². The van der Waals surface area contributed by atoms with Gasteiger partial charge in [0, 0.05) is 42.7 Å². The summed E-state index contributed by atoms with van der Waals surface area (Å²) in [6.45, 7) is 7.68. The Kier molecular flexibility index (Phi) is 7.82. The van der Waals surface area contributed by atoms with Gasteiger partial charge in [-0.25, -0.2) is 0 Å². The van der Waals surface area contributed by atoms with Gasteiger partial charge in [0.2, 0.25) is 11.8 Å². The maximum Gasteiger partial charge on any atom is 0.253 e. The van der Waals surface area contributed by atoms with Crippen LogP contribution in [0.25, 0.3) is 0 Å². The summed E-state index contributed by atoms with van der Waals surface area (Å²) in [4.78, 5) is 38.3. The van der Waals surface area contributed by atoms with E-state index in [0.717, 1.165) is 19.4 Å². The van der Waals surface area contributed by atoms with E-state index in [1.807, 2.05) is 13.8 Å². The van der Waals surface area contributed by atoms with Crippen LogP contribution >= 0.6 is 0 Å². The highest BCUT2D eigenvalue weighted by atomic mass is 16.2. The van der Waals surface area contributed by atoms with Crippen molar-refractivity contribution in [3.63, 3.8) is 0 Å². The molecule has 27 heavy (non-hydrogen) atoms. The topological polar surface area (TPSA) is 78.5 Å². The average Bonchev–Trinajstić information content (AvgIpc) is 2.68. The Morgan fingerprint density at radius 1 is 1.11 bits per heavy atom. The second-order valence-corrected chi connectivity index (χ2v) is 7.43. The summed E-state index contributed by atoms with van der Waals surface area (Å²) in [6.07, 6.45) is 3.46. The lowest BCUT2D eigenvalue weighted by molar-refractivity contribution is -0.126. The van der Waals surface area contributed by atoms with Crippen LogP contribution in [0.2, 0.25) is 0 Å². The van der Waals surface area contributed by atoms with Crippen molar-refractivity contribution in [2.45, 2.75) is 46.5 Å². The van der Waals surface area contributed by atoms with Crippen LogP contribution in [0.5, 0.6) is 0 Å². The Morgan fingerprint density at radius 3 is 2.30 bits per heavy atom. The number of piperidine rings is 1. The third-order valence-electron chi connectivity index (χ3n) is 4.91. The maximum atomic E-state index is 12.7. The fraction of sp³-hybridized carbons (Fsp3) is 0.571. The van der Waals surface area contributed by atoms with E-state index in [1.165, 1.54) is 0 Å². The fourth-order valence-corrected chi connectivity index (χ4v) is 3.04. The first kappa shape index (κ1) is 20.9. The van der Waals surface area contributed by atoms with Gasteiger partial charge in [-0.3, -0.25) is 14.4 Å². The molecule has 0 bridgehead atoms. The molecule has 0 aromatic heterocycles. The van der Waals surface area contributed by atoms with Crippen molar-refractivity contribution in [3.8, 4) is 0 Å². The van der Waals surface area contributed by atoms with Gasteiger partial charge in [-0.05, 0) is 43.5 Å². The number of benzene rings is 1. The summed E-state index contributed by atoms with van der Waals surface area (Å²) in [5, 5.41) is 5.80. The van der Waals surface area contributed by atoms with Gasteiger partial charge in [0.05, 0.1) is 0 Å². The number of rotatable bonds is 7. The number of unbranched alkanes of at least 4 members (excludes halogenated alkanes) is 1. The molecule has 1 aromatic rings. The number of likely N-dealkylation sites (tertiary alicyclic amines) is 1. The molecule has 0 spiro atoms. The number of carbonyl (C=O) groups excluding carboxylic acids is 3. The lowest BCUT2D eigenvalue weighted by Crippen LogP contribution is -2.43. The normalized spacial score (nSPS) is 14.9. The number of hydrogen-bond donors (Lipinski definition) is 2. The molecular weight excluding hydrogens is 342 g/mol. The van der Waals surface area contributed by atoms with E-state index in [-0.39, 0.29) is 29.6 Å². The van der Waals surface area contributed by atoms with E-state index in [0.29, 0.717) is 37.2 Å². The average molecular weight is 373 g/mol. The number of carbonyl (C=O) groups is 3. The molecule has 148 valence electrons. The third kappa shape index (κ3) is 6.08. The molecule has 6 nitrogen and oxygen atoms in total. The maximum absolute atomic E-state index is 12.7. The molecule has 1 aromatic carbocycles. The molecule has 0 unspecified atom stereocenters. The summed E-state index contributed by atoms with van der Waals surface area (Å²) in [5.74, 6) is -0.0537. The molecule has 0 atom stereocenters. The zero-order valence-electron chi connectivity index (χ0n) is 16.6. The van der Waals surface area contributed by atoms with Gasteiger partial charge >= 0.3 is 0 Å². The van der Waals surface area contributed by atoms with Crippen molar-refractivity contribution in [3.05, 3.63) is 29.8 Å². The Hall–Kier alpha value is -2.37. The Balaban J connectivity index is 1.84. The molecule has 2 N–H and O–H groups in total. The monoisotopic (exact) mass is 373 g/mol. The standard InChI is InChI=1S/C21H31N3O3/c1-4-5-12-22-20(26)16-10-13-24(14-11-16)21(27)17-6-8-18(9-7-17)23-19(25)15(2)3/h6-9,15-16H,4-5,10-14H2,1-3H3,(H,22,26)(H,23,25). The van der Waals surface area contributed by atoms with E-state index in [9.17, 15) is 14.4 Å². The molecule has 6 heteroatoms. The summed E-state index contributed by atoms with van der Waals surface area (Å²) in [5.41, 5.74) is 1.29. The van der Waals surface area contributed by atoms with Crippen LogP contribution in [0.3, 0.4) is 0 Å². The van der Waals surface area contributed by atoms with Crippen molar-refractivity contribution in [2.75, 3.05) is 25.0 Å². The van der Waals surface area contributed by atoms with Crippen LogP contribution in [0.4, 0.5) is 5.69 Å². The molecule has 0 saturated carbocycles. The minimum absolute atomic E-state index is 0.000437. The molecule has 3 amide bonds. The Labute approximate surface area is 161 Å². The second kappa shape index (κ2) is 10.1. The molecule has 0 radical (unpaired) electrons. The number of anilines is 1. The predicted molar refractivity (Wildman–Crippen MR) is 106 cm³/mol. The van der Waals surface area contributed by atoms with E-state index >= 15 is 0 Å². The lowest BCUT2D eigenvalue weighted by atomic mass is 9.95. The fourth-order valence-electron chi connectivity index (χ4n) is 3.04. The predicted octanol–water partition coefficient (Wildman–Crippen LogP) is 3.05. The van der Waals surface area contributed by atoms with Crippen LogP contribution in [0.15, 0.2) is 24.3 Å². The number of amides is 3. The SMILES string of the molecule is CCCCNC(=O)C1CCN(C(=O)c2ccc(NC(=O)C(C)C)cc2)CC1. The largest absolute Gasteiger partial charge is 0.356 e. The summed E-state index contributed by atoms with van der Waals surface area (Å²) < 4.78 is 0. The van der Waals surface area contributed by atoms with Crippen molar-refractivity contribution < 1.29 is 14.4 Å². The van der Waals surface area contributed by atoms with E-state index < -0.39 is 0 Å². The molecule has 2 rings (SSSR count). The summed E-state index contributed by atoms with van der Waals surface area (Å²) in [6, 6.07) is 6.98. The van der Waals surface area contributed by atoms with Crippen molar-refractivity contribution in [1.82, 2.24) is 10.2 Å². The highest BCUT2D eigenvalue weighted by molar-refractivity contribution is 5.96. The van der Waals surface area contributed by atoms with Crippen LogP contribution in [0.1, 0.15) is 56.8 Å². The molecule has 1 saturated heterocycles. The van der Waals surface area contributed by atoms with Gasteiger partial charge in [-0.1, -0.05) is 27.2 Å². The molecule has 1 heterocycles. The number of nitrogens with zero attached hydrogens (tertiary/aromatic N) is 1. The first-order valence-electron chi connectivity index (χ1n) is 9.90. The first-order valence-corrected chi connectivity index (χ1v) is 9.90. The van der Waals surface area contributed by atoms with E-state index in [4.69, 9.17) is 0 Å². The molecule has 1 fully saturated rings. The highest BCUT2D eigenvalue weighted by Gasteiger charge is 2.27. The molecule has 1 aliphatic heterocycles. The van der Waals surface area contributed by atoms with Gasteiger partial charge < -0.3 is 15.5 Å². The Bertz CT molecular complexity index is 647. The zero-order chi connectivity index (χ0) is 19.8. The minimum atomic E-state index is -0.0909. The van der Waals surface area contributed by atoms with Gasteiger partial charge in [0.15, 0.2) is 0 Å². The van der Waals surface area contributed by atoms with Gasteiger partial charge in [0.1, 0.15) is 0 Å². The van der Waals surface area contributed by atoms with Gasteiger partial charge in [0.25, 0.3) is 5.91 Å². The number of nitrogens with one attached hydrogen (secondary N) is 2. The molecule has 0 aliphatic carbocycles. The minimum Gasteiger partial charge on any atom is -0.356 e. The van der Waals surface area contributed by atoms with E-state index in [1.54, 1.807) is 29.2 Å². The van der Waals surface area contributed by atoms with Crippen molar-refractivity contribution in [1.29, 1.82) is 0 Å². The zero-order valence-corrected chi connectivity index (χ0v) is 16.6.